The van der Waals surface area contributed by atoms with Crippen LogP contribution in [0, 0.1) is 6.92 Å². The third kappa shape index (κ3) is 5.60. The van der Waals surface area contributed by atoms with Crippen LogP contribution in [-0.4, -0.2) is 81.0 Å². The molecule has 2 aromatic heterocycles. The molecule has 0 unspecified atom stereocenters. The standard InChI is InChI=1S/C32H38N6O3/c1-4-36-11-13-38(14-12-36)29-20-27-28(26-10-9-25(40-3)19-22(26)2)21-33-32(39)30(27)31(35-29)34-23-5-7-24(8-6-23)37-15-17-41-18-16-37/h5-10,19-21H,4,11-18H2,1-3H3,(H,33,39)(H,34,35). The van der Waals surface area contributed by atoms with Gasteiger partial charge in [-0.1, -0.05) is 13.0 Å². The number of aromatic amines is 1. The highest BCUT2D eigenvalue weighted by molar-refractivity contribution is 6.03. The molecule has 4 heterocycles. The fraction of sp³-hybridized carbons (Fsp3) is 0.375. The van der Waals surface area contributed by atoms with E-state index in [1.54, 1.807) is 7.11 Å². The predicted octanol–water partition coefficient (Wildman–Crippen LogP) is 4.63. The summed E-state index contributed by atoms with van der Waals surface area (Å²) in [6.07, 6.45) is 1.82. The van der Waals surface area contributed by atoms with Crippen LogP contribution in [0.1, 0.15) is 12.5 Å². The minimum atomic E-state index is -0.169. The van der Waals surface area contributed by atoms with E-state index in [1.807, 2.05) is 18.3 Å². The monoisotopic (exact) mass is 554 g/mol. The van der Waals surface area contributed by atoms with E-state index in [9.17, 15) is 4.79 Å². The molecule has 214 valence electrons. The Bertz CT molecular complexity index is 1570. The Hall–Kier alpha value is -4.08. The maximum atomic E-state index is 13.4. The van der Waals surface area contributed by atoms with Crippen molar-refractivity contribution in [3.8, 4) is 16.9 Å². The van der Waals surface area contributed by atoms with Gasteiger partial charge in [0.1, 0.15) is 17.4 Å². The zero-order valence-electron chi connectivity index (χ0n) is 24.1. The van der Waals surface area contributed by atoms with E-state index in [1.165, 1.54) is 0 Å². The van der Waals surface area contributed by atoms with E-state index < -0.39 is 0 Å². The number of likely N-dealkylation sites (N-methyl/N-ethyl adjacent to an activating group) is 1. The molecule has 2 fully saturated rings. The third-order valence-corrected chi connectivity index (χ3v) is 8.24. The molecule has 0 saturated carbocycles. The first kappa shape index (κ1) is 27.1. The lowest BCUT2D eigenvalue weighted by Gasteiger charge is -2.35. The number of H-pyrrole nitrogens is 1. The van der Waals surface area contributed by atoms with E-state index in [2.05, 4.69) is 75.2 Å². The van der Waals surface area contributed by atoms with Crippen molar-refractivity contribution in [3.05, 3.63) is 70.6 Å². The molecule has 9 nitrogen and oxygen atoms in total. The summed E-state index contributed by atoms with van der Waals surface area (Å²) in [6, 6.07) is 16.4. The first-order valence-electron chi connectivity index (χ1n) is 14.4. The zero-order valence-corrected chi connectivity index (χ0v) is 24.1. The van der Waals surface area contributed by atoms with Gasteiger partial charge >= 0.3 is 0 Å². The van der Waals surface area contributed by atoms with Crippen LogP contribution in [0.5, 0.6) is 5.75 Å². The molecular weight excluding hydrogens is 516 g/mol. The van der Waals surface area contributed by atoms with Crippen molar-refractivity contribution in [2.45, 2.75) is 13.8 Å². The highest BCUT2D eigenvalue weighted by Gasteiger charge is 2.22. The molecule has 0 aliphatic carbocycles. The average molecular weight is 555 g/mol. The van der Waals surface area contributed by atoms with Gasteiger partial charge in [-0.2, -0.15) is 0 Å². The molecule has 4 aromatic rings. The van der Waals surface area contributed by atoms with E-state index in [0.29, 0.717) is 11.2 Å². The number of hydrogen-bond donors (Lipinski definition) is 2. The van der Waals surface area contributed by atoms with Crippen LogP contribution >= 0.6 is 0 Å². The molecule has 0 amide bonds. The van der Waals surface area contributed by atoms with Crippen molar-refractivity contribution in [3.63, 3.8) is 0 Å². The van der Waals surface area contributed by atoms with Gasteiger partial charge in [0.15, 0.2) is 0 Å². The Kier molecular flexibility index (Phi) is 7.80. The molecule has 2 N–H and O–H groups in total. The number of hydrogen-bond acceptors (Lipinski definition) is 8. The Balaban J connectivity index is 1.44. The van der Waals surface area contributed by atoms with Gasteiger partial charge in [0.25, 0.3) is 5.56 Å². The van der Waals surface area contributed by atoms with Crippen molar-refractivity contribution in [1.82, 2.24) is 14.9 Å². The number of fused-ring (bicyclic) bond motifs is 1. The Labute approximate surface area is 240 Å². The number of aromatic nitrogens is 2. The molecule has 0 atom stereocenters. The second kappa shape index (κ2) is 11.8. The van der Waals surface area contributed by atoms with Crippen molar-refractivity contribution in [1.29, 1.82) is 0 Å². The lowest BCUT2D eigenvalue weighted by molar-refractivity contribution is 0.122. The number of nitrogens with one attached hydrogen (secondary N) is 2. The number of ether oxygens (including phenoxy) is 2. The Morgan fingerprint density at radius 1 is 0.951 bits per heavy atom. The number of piperazine rings is 1. The van der Waals surface area contributed by atoms with Crippen LogP contribution in [-0.2, 0) is 4.74 Å². The van der Waals surface area contributed by atoms with Gasteiger partial charge in [0.05, 0.1) is 25.7 Å². The van der Waals surface area contributed by atoms with E-state index in [4.69, 9.17) is 14.5 Å². The van der Waals surface area contributed by atoms with Gasteiger partial charge in [-0.3, -0.25) is 4.79 Å². The lowest BCUT2D eigenvalue weighted by Crippen LogP contribution is -2.46. The number of pyridine rings is 2. The molecule has 2 aliphatic rings. The quantitative estimate of drug-likeness (QED) is 0.342. The summed E-state index contributed by atoms with van der Waals surface area (Å²) < 4.78 is 10.9. The fourth-order valence-corrected chi connectivity index (χ4v) is 5.81. The minimum absolute atomic E-state index is 0.169. The topological polar surface area (TPSA) is 86.0 Å². The number of anilines is 4. The molecule has 2 aliphatic heterocycles. The van der Waals surface area contributed by atoms with Gasteiger partial charge in [-0.15, -0.1) is 0 Å². The summed E-state index contributed by atoms with van der Waals surface area (Å²) in [5.41, 5.74) is 4.95. The van der Waals surface area contributed by atoms with Crippen LogP contribution in [0.15, 0.2) is 59.5 Å². The zero-order chi connectivity index (χ0) is 28.3. The van der Waals surface area contributed by atoms with Crippen LogP contribution < -0.4 is 25.4 Å². The van der Waals surface area contributed by atoms with Crippen molar-refractivity contribution >= 4 is 33.8 Å². The SMILES string of the molecule is CCN1CCN(c2cc3c(-c4ccc(OC)cc4C)c[nH]c(=O)c3c(Nc3ccc(N4CCOCC4)cc3)n2)CC1. The van der Waals surface area contributed by atoms with E-state index in [-0.39, 0.29) is 5.56 Å². The molecule has 0 radical (unpaired) electrons. The van der Waals surface area contributed by atoms with Crippen molar-refractivity contribution in [2.75, 3.05) is 81.3 Å². The van der Waals surface area contributed by atoms with Crippen molar-refractivity contribution < 1.29 is 9.47 Å². The number of methoxy groups -OCH3 is 1. The van der Waals surface area contributed by atoms with Crippen LogP contribution in [0.2, 0.25) is 0 Å². The van der Waals surface area contributed by atoms with Crippen LogP contribution in [0.25, 0.3) is 21.9 Å². The maximum Gasteiger partial charge on any atom is 0.259 e. The molecule has 0 spiro atoms. The summed E-state index contributed by atoms with van der Waals surface area (Å²) in [4.78, 5) is 28.5. The summed E-state index contributed by atoms with van der Waals surface area (Å²) >= 11 is 0. The molecule has 6 rings (SSSR count). The van der Waals surface area contributed by atoms with Gasteiger partial charge in [0, 0.05) is 67.8 Å². The maximum absolute atomic E-state index is 13.4. The smallest absolute Gasteiger partial charge is 0.259 e. The van der Waals surface area contributed by atoms with Gasteiger partial charge in [-0.05, 0) is 67.1 Å². The Morgan fingerprint density at radius 2 is 1.71 bits per heavy atom. The summed E-state index contributed by atoms with van der Waals surface area (Å²) in [5, 5.41) is 4.92. The minimum Gasteiger partial charge on any atom is -0.497 e. The number of rotatable bonds is 7. The van der Waals surface area contributed by atoms with E-state index >= 15 is 0 Å². The third-order valence-electron chi connectivity index (χ3n) is 8.24. The summed E-state index contributed by atoms with van der Waals surface area (Å²) in [6.45, 7) is 12.3. The molecule has 2 saturated heterocycles. The fourth-order valence-electron chi connectivity index (χ4n) is 5.81. The molecule has 2 aromatic carbocycles. The molecule has 0 bridgehead atoms. The second-order valence-corrected chi connectivity index (χ2v) is 10.7. The summed E-state index contributed by atoms with van der Waals surface area (Å²) in [7, 11) is 1.67. The Morgan fingerprint density at radius 3 is 2.39 bits per heavy atom. The van der Waals surface area contributed by atoms with Gasteiger partial charge in [-0.25, -0.2) is 4.98 Å². The first-order valence-corrected chi connectivity index (χ1v) is 14.4. The second-order valence-electron chi connectivity index (χ2n) is 10.7. The van der Waals surface area contributed by atoms with E-state index in [0.717, 1.165) is 104 Å². The molecule has 41 heavy (non-hydrogen) atoms. The normalized spacial score (nSPS) is 16.3. The van der Waals surface area contributed by atoms with Crippen molar-refractivity contribution in [2.24, 2.45) is 0 Å². The number of morpholine rings is 1. The number of nitrogens with zero attached hydrogens (tertiary/aromatic N) is 4. The number of benzene rings is 2. The van der Waals surface area contributed by atoms with Gasteiger partial charge < -0.3 is 34.5 Å². The highest BCUT2D eigenvalue weighted by atomic mass is 16.5. The summed E-state index contributed by atoms with van der Waals surface area (Å²) in [5.74, 6) is 2.24. The lowest BCUT2D eigenvalue weighted by atomic mass is 9.97. The van der Waals surface area contributed by atoms with Gasteiger partial charge in [0.2, 0.25) is 0 Å². The molecular formula is C32H38N6O3. The predicted molar refractivity (Wildman–Crippen MR) is 166 cm³/mol. The average Bonchev–Trinajstić information content (AvgIpc) is 3.02. The largest absolute Gasteiger partial charge is 0.497 e. The molecule has 9 heteroatoms. The first-order chi connectivity index (χ1) is 20.0. The highest BCUT2D eigenvalue weighted by Crippen LogP contribution is 2.36. The van der Waals surface area contributed by atoms with Crippen LogP contribution in [0.3, 0.4) is 0 Å². The van der Waals surface area contributed by atoms with Crippen LogP contribution in [0.4, 0.5) is 23.0 Å². The number of aryl methyl sites for hydroxylation is 1.